The Balaban J connectivity index is 0.00000364. The van der Waals surface area contributed by atoms with E-state index in [-0.39, 0.29) is 24.0 Å². The van der Waals surface area contributed by atoms with Gasteiger partial charge >= 0.3 is 0 Å². The molecule has 0 aliphatic heterocycles. The monoisotopic (exact) mass is 486 g/mol. The summed E-state index contributed by atoms with van der Waals surface area (Å²) in [4.78, 5) is 8.95. The molecule has 0 saturated heterocycles. The molecule has 8 heteroatoms. The Morgan fingerprint density at radius 2 is 1.89 bits per heavy atom. The van der Waals surface area contributed by atoms with Crippen LogP contribution in [-0.2, 0) is 6.54 Å². The zero-order valence-electron chi connectivity index (χ0n) is 16.1. The zero-order chi connectivity index (χ0) is 18.8. The van der Waals surface area contributed by atoms with Crippen LogP contribution in [0.3, 0.4) is 0 Å². The van der Waals surface area contributed by atoms with Crippen molar-refractivity contribution in [3.8, 4) is 17.4 Å². The van der Waals surface area contributed by atoms with Gasteiger partial charge in [0, 0.05) is 24.4 Å². The molecule has 0 unspecified atom stereocenters. The van der Waals surface area contributed by atoms with Crippen LogP contribution in [0.1, 0.15) is 19.5 Å². The van der Waals surface area contributed by atoms with Gasteiger partial charge in [0.2, 0.25) is 5.88 Å². The van der Waals surface area contributed by atoms with Gasteiger partial charge in [0.1, 0.15) is 0 Å². The summed E-state index contributed by atoms with van der Waals surface area (Å²) < 4.78 is 16.1. The molecule has 0 aliphatic rings. The summed E-state index contributed by atoms with van der Waals surface area (Å²) in [5.41, 5.74) is 1.68. The first-order valence-corrected chi connectivity index (χ1v) is 8.56. The van der Waals surface area contributed by atoms with Gasteiger partial charge in [-0.1, -0.05) is 6.07 Å². The van der Waals surface area contributed by atoms with Crippen LogP contribution in [0.2, 0.25) is 0 Å². The highest BCUT2D eigenvalue weighted by Gasteiger charge is 2.07. The van der Waals surface area contributed by atoms with E-state index in [1.54, 1.807) is 14.2 Å². The number of nitrogens with one attached hydrogen (secondary N) is 2. The average molecular weight is 486 g/mol. The molecular formula is C19H27IN4O3. The number of benzene rings is 1. The quantitative estimate of drug-likeness (QED) is 0.337. The van der Waals surface area contributed by atoms with Gasteiger partial charge in [0.15, 0.2) is 17.5 Å². The topological polar surface area (TPSA) is 77.0 Å². The molecule has 0 aliphatic carbocycles. The third-order valence-electron chi connectivity index (χ3n) is 3.46. The highest BCUT2D eigenvalue weighted by Crippen LogP contribution is 2.30. The Kier molecular flexibility index (Phi) is 10.3. The summed E-state index contributed by atoms with van der Waals surface area (Å²) in [6.07, 6.45) is 0. The number of methoxy groups -OCH3 is 2. The molecule has 0 saturated carbocycles. The number of nitrogens with zero attached hydrogens (tertiary/aromatic N) is 2. The van der Waals surface area contributed by atoms with Crippen LogP contribution in [-0.4, -0.2) is 38.3 Å². The second-order valence-electron chi connectivity index (χ2n) is 5.29. The molecule has 0 fully saturated rings. The van der Waals surface area contributed by atoms with Crippen molar-refractivity contribution < 1.29 is 14.2 Å². The summed E-state index contributed by atoms with van der Waals surface area (Å²) >= 11 is 0. The SMILES string of the molecule is CCNC(=NCc1cccc(OC)n1)Nc1ccc(OC)c(OCC)c1.I. The second kappa shape index (κ2) is 12.2. The van der Waals surface area contributed by atoms with Gasteiger partial charge in [-0.05, 0) is 32.0 Å². The number of aliphatic imine (C=N–C) groups is 1. The van der Waals surface area contributed by atoms with Gasteiger partial charge in [-0.25, -0.2) is 9.98 Å². The van der Waals surface area contributed by atoms with Crippen molar-refractivity contribution >= 4 is 35.6 Å². The van der Waals surface area contributed by atoms with Crippen LogP contribution in [0.5, 0.6) is 17.4 Å². The van der Waals surface area contributed by atoms with Gasteiger partial charge in [-0.2, -0.15) is 0 Å². The van der Waals surface area contributed by atoms with Gasteiger partial charge in [-0.3, -0.25) is 0 Å². The fourth-order valence-electron chi connectivity index (χ4n) is 2.29. The molecule has 148 valence electrons. The summed E-state index contributed by atoms with van der Waals surface area (Å²) in [6.45, 7) is 5.69. The van der Waals surface area contributed by atoms with Crippen molar-refractivity contribution in [2.75, 3.05) is 32.7 Å². The molecule has 1 heterocycles. The van der Waals surface area contributed by atoms with Crippen LogP contribution in [0.25, 0.3) is 0 Å². The second-order valence-corrected chi connectivity index (χ2v) is 5.29. The number of rotatable bonds is 8. The number of pyridine rings is 1. The number of guanidine groups is 1. The molecule has 0 atom stereocenters. The molecule has 1 aromatic carbocycles. The first-order valence-electron chi connectivity index (χ1n) is 8.56. The molecule has 1 aromatic heterocycles. The first kappa shape index (κ1) is 22.8. The third-order valence-corrected chi connectivity index (χ3v) is 3.46. The predicted molar refractivity (Wildman–Crippen MR) is 119 cm³/mol. The van der Waals surface area contributed by atoms with E-state index in [9.17, 15) is 0 Å². The number of halogens is 1. The maximum atomic E-state index is 5.62. The van der Waals surface area contributed by atoms with E-state index in [2.05, 4.69) is 20.6 Å². The lowest BCUT2D eigenvalue weighted by molar-refractivity contribution is 0.311. The number of ether oxygens (including phenoxy) is 3. The van der Waals surface area contributed by atoms with Crippen LogP contribution >= 0.6 is 24.0 Å². The molecule has 0 spiro atoms. The minimum Gasteiger partial charge on any atom is -0.493 e. The normalized spacial score (nSPS) is 10.6. The minimum absolute atomic E-state index is 0. The van der Waals surface area contributed by atoms with Crippen LogP contribution in [0.15, 0.2) is 41.4 Å². The Morgan fingerprint density at radius 3 is 2.56 bits per heavy atom. The predicted octanol–water partition coefficient (Wildman–Crippen LogP) is 3.69. The average Bonchev–Trinajstić information content (AvgIpc) is 2.67. The number of anilines is 1. The Hall–Kier alpha value is -2.23. The molecule has 2 N–H and O–H groups in total. The smallest absolute Gasteiger partial charge is 0.213 e. The van der Waals surface area contributed by atoms with Crippen molar-refractivity contribution in [1.29, 1.82) is 0 Å². The molecule has 0 amide bonds. The van der Waals surface area contributed by atoms with Crippen molar-refractivity contribution in [3.05, 3.63) is 42.1 Å². The van der Waals surface area contributed by atoms with E-state index in [1.165, 1.54) is 0 Å². The molecule has 0 radical (unpaired) electrons. The van der Waals surface area contributed by atoms with Crippen LogP contribution in [0, 0.1) is 0 Å². The summed E-state index contributed by atoms with van der Waals surface area (Å²) in [6, 6.07) is 11.3. The van der Waals surface area contributed by atoms with Gasteiger partial charge in [0.25, 0.3) is 0 Å². The van der Waals surface area contributed by atoms with Gasteiger partial charge < -0.3 is 24.8 Å². The molecule has 2 rings (SSSR count). The lowest BCUT2D eigenvalue weighted by Crippen LogP contribution is -2.30. The molecule has 0 bridgehead atoms. The van der Waals surface area contributed by atoms with Crippen LogP contribution < -0.4 is 24.8 Å². The van der Waals surface area contributed by atoms with E-state index in [0.29, 0.717) is 36.5 Å². The fraction of sp³-hybridized carbons (Fsp3) is 0.368. The Labute approximate surface area is 177 Å². The molecule has 2 aromatic rings. The maximum Gasteiger partial charge on any atom is 0.213 e. The summed E-state index contributed by atoms with van der Waals surface area (Å²) in [5, 5.41) is 6.49. The summed E-state index contributed by atoms with van der Waals surface area (Å²) in [5.74, 6) is 2.61. The third kappa shape index (κ3) is 7.12. The maximum absolute atomic E-state index is 5.62. The van der Waals surface area contributed by atoms with E-state index in [1.807, 2.05) is 50.2 Å². The molecule has 7 nitrogen and oxygen atoms in total. The highest BCUT2D eigenvalue weighted by molar-refractivity contribution is 14.0. The lowest BCUT2D eigenvalue weighted by atomic mass is 10.2. The number of aromatic nitrogens is 1. The lowest BCUT2D eigenvalue weighted by Gasteiger charge is -2.14. The van der Waals surface area contributed by atoms with E-state index < -0.39 is 0 Å². The van der Waals surface area contributed by atoms with E-state index in [4.69, 9.17) is 14.2 Å². The Morgan fingerprint density at radius 1 is 1.07 bits per heavy atom. The molecule has 27 heavy (non-hydrogen) atoms. The van der Waals surface area contributed by atoms with Crippen molar-refractivity contribution in [2.45, 2.75) is 20.4 Å². The number of hydrogen-bond acceptors (Lipinski definition) is 5. The Bertz CT molecular complexity index is 741. The van der Waals surface area contributed by atoms with E-state index >= 15 is 0 Å². The van der Waals surface area contributed by atoms with Crippen molar-refractivity contribution in [3.63, 3.8) is 0 Å². The fourth-order valence-corrected chi connectivity index (χ4v) is 2.29. The standard InChI is InChI=1S/C19H26N4O3.HI/c1-5-20-19(21-13-15-8-7-9-18(22-15)25-4)23-14-10-11-16(24-3)17(12-14)26-6-2;/h7-12H,5-6,13H2,1-4H3,(H2,20,21,23);1H. The van der Waals surface area contributed by atoms with Crippen LogP contribution in [0.4, 0.5) is 5.69 Å². The number of hydrogen-bond donors (Lipinski definition) is 2. The first-order chi connectivity index (χ1) is 12.7. The minimum atomic E-state index is 0. The molecular weight excluding hydrogens is 459 g/mol. The van der Waals surface area contributed by atoms with Crippen molar-refractivity contribution in [2.24, 2.45) is 4.99 Å². The zero-order valence-corrected chi connectivity index (χ0v) is 18.4. The van der Waals surface area contributed by atoms with Gasteiger partial charge in [-0.15, -0.1) is 24.0 Å². The van der Waals surface area contributed by atoms with E-state index in [0.717, 1.165) is 17.9 Å². The largest absolute Gasteiger partial charge is 0.493 e. The summed E-state index contributed by atoms with van der Waals surface area (Å²) in [7, 11) is 3.22. The highest BCUT2D eigenvalue weighted by atomic mass is 127. The van der Waals surface area contributed by atoms with Crippen molar-refractivity contribution in [1.82, 2.24) is 10.3 Å². The van der Waals surface area contributed by atoms with Gasteiger partial charge in [0.05, 0.1) is 33.1 Å².